The van der Waals surface area contributed by atoms with Crippen LogP contribution in [-0.4, -0.2) is 0 Å². The second-order valence-corrected chi connectivity index (χ2v) is 2.01. The quantitative estimate of drug-likeness (QED) is 0.258. The number of hydrogen-bond donors (Lipinski definition) is 0. The smallest absolute Gasteiger partial charge is 0.642 e. The maximum Gasteiger partial charge on any atom is 1.00 e. The molecule has 0 aromatic heterocycles. The first-order chi connectivity index (χ1) is 1.41. The van der Waals surface area contributed by atoms with Crippen molar-refractivity contribution in [1.82, 2.24) is 0 Å². The van der Waals surface area contributed by atoms with E-state index < -0.39 is 0 Å². The average Bonchev–Trinajstić information content (AvgIpc) is 0.918. The molecule has 0 fully saturated rings. The third-order valence-electron chi connectivity index (χ3n) is 0. The van der Waals surface area contributed by atoms with Crippen LogP contribution in [0.3, 0.4) is 0 Å². The van der Waals surface area contributed by atoms with Gasteiger partial charge < -0.3 is 17.5 Å². The van der Waals surface area contributed by atoms with Crippen LogP contribution in [0.5, 0.6) is 0 Å². The van der Waals surface area contributed by atoms with Crippen molar-refractivity contribution in [2.75, 3.05) is 0 Å². The van der Waals surface area contributed by atoms with E-state index in [1.165, 1.54) is 0 Å². The summed E-state index contributed by atoms with van der Waals surface area (Å²) in [6.45, 7) is 0. The molecule has 0 saturated carbocycles. The number of hydrogen-bond acceptors (Lipinski definition) is 1. The Balaban J connectivity index is 0. The van der Waals surface area contributed by atoms with Crippen LogP contribution in [0.1, 0.15) is 0 Å². The monoisotopic (exact) mass is 118 g/mol. The summed E-state index contributed by atoms with van der Waals surface area (Å²) in [6, 6.07) is 0. The Morgan fingerprint density at radius 1 is 1.75 bits per heavy atom. The summed E-state index contributed by atoms with van der Waals surface area (Å²) in [6.07, 6.45) is 0. The molecular weight excluding hydrogens is 118 g/mol. The van der Waals surface area contributed by atoms with Gasteiger partial charge >= 0.3 is 29.6 Å². The summed E-state index contributed by atoms with van der Waals surface area (Å²) in [5, 5.41) is 0. The van der Waals surface area contributed by atoms with Gasteiger partial charge in [0.15, 0.2) is 0 Å². The second kappa shape index (κ2) is 8.83. The molecule has 0 heterocycles. The normalized spacial score (nSPS) is 3.00. The molecule has 0 aromatic rings. The largest absolute Gasteiger partial charge is 1.00 e. The van der Waals surface area contributed by atoms with Crippen LogP contribution in [0.15, 0.2) is 0 Å². The molecular formula is NaPS2. The predicted octanol–water partition coefficient (Wildman–Crippen LogP) is -2.14. The molecule has 0 amide bonds. The molecule has 0 bridgehead atoms. The van der Waals surface area contributed by atoms with Crippen molar-refractivity contribution in [3.8, 4) is 0 Å². The molecule has 0 aromatic carbocycles. The fourth-order valence-electron chi connectivity index (χ4n) is 0. The summed E-state index contributed by atoms with van der Waals surface area (Å²) >= 11 is 4.17. The summed E-state index contributed by atoms with van der Waals surface area (Å²) in [5.74, 6) is 0. The Bertz CT molecular complexity index is 27.0. The van der Waals surface area contributed by atoms with Gasteiger partial charge in [0.25, 0.3) is 0 Å². The molecule has 0 saturated heterocycles. The van der Waals surface area contributed by atoms with Gasteiger partial charge in [0.2, 0.25) is 0 Å². The molecule has 0 rings (SSSR count). The first-order valence-corrected chi connectivity index (χ1v) is 3.14. The van der Waals surface area contributed by atoms with E-state index in [1.54, 1.807) is 0 Å². The molecule has 0 aliphatic heterocycles. The topological polar surface area (TPSA) is 0 Å². The molecule has 0 nitrogen and oxygen atoms in total. The molecule has 0 N–H and O–H groups in total. The third-order valence-corrected chi connectivity index (χ3v) is 0. The molecule has 0 unspecified atom stereocenters. The van der Waals surface area contributed by atoms with Crippen molar-refractivity contribution in [2.45, 2.75) is 0 Å². The van der Waals surface area contributed by atoms with Gasteiger partial charge in [-0.05, 0) is 0 Å². The Morgan fingerprint density at radius 3 is 1.75 bits per heavy atom. The molecule has 0 spiro atoms. The maximum absolute atomic E-state index is 4.17. The summed E-state index contributed by atoms with van der Waals surface area (Å²) < 4.78 is 0. The first-order valence-electron chi connectivity index (χ1n) is 0.349. The SMILES string of the molecule is [Na+].[P-]=S=S. The van der Waals surface area contributed by atoms with Gasteiger partial charge in [-0.25, -0.2) is 0 Å². The van der Waals surface area contributed by atoms with Crippen LogP contribution in [0.4, 0.5) is 0 Å². The Morgan fingerprint density at radius 2 is 1.75 bits per heavy atom. The third kappa shape index (κ3) is 9.27. The van der Waals surface area contributed by atoms with Crippen LogP contribution in [0.2, 0.25) is 0 Å². The van der Waals surface area contributed by atoms with Gasteiger partial charge in [0, 0.05) is 0 Å². The van der Waals surface area contributed by atoms with Crippen molar-refractivity contribution >= 4 is 28.7 Å². The van der Waals surface area contributed by atoms with E-state index in [0.717, 1.165) is 9.50 Å². The molecule has 0 aliphatic rings. The van der Waals surface area contributed by atoms with Crippen LogP contribution < -0.4 is 29.6 Å². The van der Waals surface area contributed by atoms with Crippen molar-refractivity contribution in [1.29, 1.82) is 0 Å². The van der Waals surface area contributed by atoms with Gasteiger partial charge in [-0.3, -0.25) is 0 Å². The standard InChI is InChI=1S/Na.PS2/c;1-3-2/q+1;-1. The summed E-state index contributed by atoms with van der Waals surface area (Å²) in [5.41, 5.74) is 0. The zero-order valence-electron chi connectivity index (χ0n) is 2.26. The Kier molecular flexibility index (Phi) is 20.4. The van der Waals surface area contributed by atoms with E-state index in [4.69, 9.17) is 0 Å². The van der Waals surface area contributed by atoms with E-state index in [-0.39, 0.29) is 29.6 Å². The molecule has 18 valence electrons. The van der Waals surface area contributed by atoms with Crippen molar-refractivity contribution < 1.29 is 29.6 Å². The summed E-state index contributed by atoms with van der Waals surface area (Å²) in [7, 11) is 4.55. The van der Waals surface area contributed by atoms with Crippen molar-refractivity contribution in [3.63, 3.8) is 0 Å². The molecule has 4 heavy (non-hydrogen) atoms. The summed E-state index contributed by atoms with van der Waals surface area (Å²) in [4.78, 5) is 0. The van der Waals surface area contributed by atoms with Gasteiger partial charge in [0.05, 0.1) is 0 Å². The molecule has 0 atom stereocenters. The minimum absolute atomic E-state index is 0. The predicted molar refractivity (Wildman–Crippen MR) is 21.6 cm³/mol. The zero-order valence-corrected chi connectivity index (χ0v) is 6.79. The van der Waals surface area contributed by atoms with Gasteiger partial charge in [-0.2, -0.15) is 0 Å². The minimum atomic E-state index is 0. The first kappa shape index (κ1) is 9.22. The van der Waals surface area contributed by atoms with Crippen LogP contribution in [0.25, 0.3) is 0 Å². The van der Waals surface area contributed by atoms with E-state index >= 15 is 0 Å². The van der Waals surface area contributed by atoms with Crippen molar-refractivity contribution in [3.05, 3.63) is 0 Å². The zero-order chi connectivity index (χ0) is 2.71. The van der Waals surface area contributed by atoms with E-state index in [1.807, 2.05) is 0 Å². The fourth-order valence-corrected chi connectivity index (χ4v) is 0. The maximum atomic E-state index is 4.17. The molecule has 0 aliphatic carbocycles. The Hall–Kier alpha value is 1.74. The van der Waals surface area contributed by atoms with E-state index in [0.29, 0.717) is 0 Å². The van der Waals surface area contributed by atoms with E-state index in [2.05, 4.69) is 19.2 Å². The minimum Gasteiger partial charge on any atom is -0.642 e. The van der Waals surface area contributed by atoms with Gasteiger partial charge in [0.1, 0.15) is 0 Å². The van der Waals surface area contributed by atoms with Crippen LogP contribution in [-0.2, 0) is 20.7 Å². The van der Waals surface area contributed by atoms with Crippen LogP contribution in [0, 0.1) is 0 Å². The molecule has 4 heteroatoms. The Labute approximate surface area is 57.7 Å². The van der Waals surface area contributed by atoms with Gasteiger partial charge in [-0.1, -0.05) is 11.2 Å². The molecule has 0 radical (unpaired) electrons. The van der Waals surface area contributed by atoms with Crippen LogP contribution >= 0.6 is 8.02 Å². The number of rotatable bonds is 0. The van der Waals surface area contributed by atoms with E-state index in [9.17, 15) is 0 Å². The van der Waals surface area contributed by atoms with Gasteiger partial charge in [-0.15, -0.1) is 0 Å². The fraction of sp³-hybridized carbons (Fsp3) is 0. The average molecular weight is 118 g/mol. The van der Waals surface area contributed by atoms with Crippen molar-refractivity contribution in [2.24, 2.45) is 0 Å². The second-order valence-electron chi connectivity index (χ2n) is 0.0745.